The molecular formula is C16H16N4O5S. The summed E-state index contributed by atoms with van der Waals surface area (Å²) in [5.41, 5.74) is 3.18. The Balaban J connectivity index is 1.70. The van der Waals surface area contributed by atoms with E-state index in [0.717, 1.165) is 6.26 Å². The van der Waals surface area contributed by atoms with Crippen LogP contribution in [0.25, 0.3) is 0 Å². The van der Waals surface area contributed by atoms with Crippen LogP contribution in [-0.4, -0.2) is 30.2 Å². The van der Waals surface area contributed by atoms with E-state index in [1.165, 1.54) is 30.0 Å². The number of rotatable bonds is 6. The van der Waals surface area contributed by atoms with Crippen LogP contribution in [0.4, 0.5) is 0 Å². The van der Waals surface area contributed by atoms with Crippen molar-refractivity contribution >= 4 is 11.8 Å². The summed E-state index contributed by atoms with van der Waals surface area (Å²) in [6.45, 7) is 2.05. The molecule has 0 saturated carbocycles. The number of hydrogen-bond donors (Lipinski definition) is 4. The van der Waals surface area contributed by atoms with Crippen molar-refractivity contribution in [1.82, 2.24) is 14.9 Å². The number of hydrogen-bond acceptors (Lipinski definition) is 9. The predicted octanol–water partition coefficient (Wildman–Crippen LogP) is 1.69. The zero-order valence-corrected chi connectivity index (χ0v) is 14.5. The van der Waals surface area contributed by atoms with Crippen molar-refractivity contribution in [3.8, 4) is 17.2 Å². The van der Waals surface area contributed by atoms with Gasteiger partial charge in [-0.05, 0) is 19.1 Å². The van der Waals surface area contributed by atoms with Crippen LogP contribution < -0.4 is 10.9 Å². The number of phenols is 2. The molecule has 0 aliphatic heterocycles. The smallest absolute Gasteiger partial charge is 0.226 e. The highest BCUT2D eigenvalue weighted by atomic mass is 32.2. The summed E-state index contributed by atoms with van der Waals surface area (Å²) < 4.78 is 6.81. The van der Waals surface area contributed by atoms with E-state index in [2.05, 4.69) is 15.6 Å². The molecule has 9 nitrogen and oxygen atoms in total. The van der Waals surface area contributed by atoms with Crippen LogP contribution >= 0.6 is 11.8 Å². The van der Waals surface area contributed by atoms with E-state index in [9.17, 15) is 20.1 Å². The van der Waals surface area contributed by atoms with Crippen molar-refractivity contribution in [3.05, 3.63) is 57.9 Å². The minimum atomic E-state index is -0.509. The molecule has 0 atom stereocenters. The van der Waals surface area contributed by atoms with E-state index >= 15 is 0 Å². The molecule has 2 aromatic heterocycles. The lowest BCUT2D eigenvalue weighted by Crippen LogP contribution is -2.17. The van der Waals surface area contributed by atoms with Crippen molar-refractivity contribution < 1.29 is 19.7 Å². The highest BCUT2D eigenvalue weighted by molar-refractivity contribution is 7.98. The summed E-state index contributed by atoms with van der Waals surface area (Å²) in [7, 11) is 0. The van der Waals surface area contributed by atoms with E-state index in [-0.39, 0.29) is 18.0 Å². The van der Waals surface area contributed by atoms with Crippen LogP contribution in [0.15, 0.2) is 44.9 Å². The number of nitrogens with zero attached hydrogens (tertiary/aromatic N) is 3. The van der Waals surface area contributed by atoms with Gasteiger partial charge in [0.1, 0.15) is 29.3 Å². The van der Waals surface area contributed by atoms with Crippen LogP contribution in [0.1, 0.15) is 17.1 Å². The number of aryl methyl sites for hydroxylation is 1. The molecule has 0 fully saturated rings. The van der Waals surface area contributed by atoms with Crippen LogP contribution in [-0.2, 0) is 12.3 Å². The zero-order chi connectivity index (χ0) is 18.7. The molecule has 0 spiro atoms. The number of nitrogens with one attached hydrogen (secondary N) is 1. The molecule has 10 heteroatoms. The molecule has 0 bridgehead atoms. The maximum Gasteiger partial charge on any atom is 0.226 e. The molecule has 2 heterocycles. The molecule has 0 saturated heterocycles. The summed E-state index contributed by atoms with van der Waals surface area (Å²) in [5.74, 6) is 0.841. The van der Waals surface area contributed by atoms with Crippen LogP contribution in [0.5, 0.6) is 17.2 Å². The first kappa shape index (κ1) is 17.7. The summed E-state index contributed by atoms with van der Waals surface area (Å²) in [4.78, 5) is 11.4. The van der Waals surface area contributed by atoms with Gasteiger partial charge in [-0.2, -0.15) is 0 Å². The third-order valence-electron chi connectivity index (χ3n) is 3.50. The molecule has 4 N–H and O–H groups in total. The highest BCUT2D eigenvalue weighted by Gasteiger charge is 2.12. The zero-order valence-electron chi connectivity index (χ0n) is 13.7. The molecule has 0 unspecified atom stereocenters. The Bertz CT molecular complexity index is 985. The molecule has 0 radical (unpaired) electrons. The van der Waals surface area contributed by atoms with Gasteiger partial charge in [-0.1, -0.05) is 11.8 Å². The lowest BCUT2D eigenvalue weighted by atomic mass is 10.2. The second-order valence-electron chi connectivity index (χ2n) is 5.40. The van der Waals surface area contributed by atoms with Gasteiger partial charge in [-0.25, -0.2) is 4.68 Å². The van der Waals surface area contributed by atoms with Crippen molar-refractivity contribution in [2.45, 2.75) is 24.4 Å². The normalized spacial score (nSPS) is 10.8. The van der Waals surface area contributed by atoms with Crippen LogP contribution in [0.2, 0.25) is 0 Å². The largest absolute Gasteiger partial charge is 0.508 e. The standard InChI is InChI=1S/C16H16N4O5S/c1-9-18-19-16(26-8-12-5-14(23)15(24)7-25-12)20(9)17-6-10-2-3-11(21)4-13(10)22/h2-5,7,17,21-22,24H,6,8H2,1H3. The topological polar surface area (TPSA) is 134 Å². The van der Waals surface area contributed by atoms with Gasteiger partial charge in [0.25, 0.3) is 0 Å². The molecule has 136 valence electrons. The number of aromatic hydroxyl groups is 3. The molecule has 3 rings (SSSR count). The second kappa shape index (κ2) is 7.40. The second-order valence-corrected chi connectivity index (χ2v) is 6.34. The summed E-state index contributed by atoms with van der Waals surface area (Å²) in [5, 5.41) is 37.0. The Kier molecular flexibility index (Phi) is 5.03. The van der Waals surface area contributed by atoms with Crippen LogP contribution in [0, 0.1) is 6.92 Å². The average Bonchev–Trinajstić information content (AvgIpc) is 2.95. The fourth-order valence-electron chi connectivity index (χ4n) is 2.14. The summed E-state index contributed by atoms with van der Waals surface area (Å²) in [6.07, 6.45) is 1.00. The first-order valence-corrected chi connectivity index (χ1v) is 8.53. The fraction of sp³-hybridized carbons (Fsp3) is 0.188. The Hall–Kier alpha value is -3.14. The first-order valence-electron chi connectivity index (χ1n) is 7.54. The molecular weight excluding hydrogens is 360 g/mol. The Morgan fingerprint density at radius 1 is 1.19 bits per heavy atom. The molecule has 0 aliphatic carbocycles. The maximum absolute atomic E-state index is 11.4. The Morgan fingerprint density at radius 3 is 2.73 bits per heavy atom. The first-order chi connectivity index (χ1) is 12.4. The Morgan fingerprint density at radius 2 is 2.00 bits per heavy atom. The van der Waals surface area contributed by atoms with Crippen LogP contribution in [0.3, 0.4) is 0 Å². The SMILES string of the molecule is Cc1nnc(SCc2cc(=O)c(O)co2)n1NCc1ccc(O)cc1O. The van der Waals surface area contributed by atoms with Gasteiger partial charge in [-0.15, -0.1) is 10.2 Å². The third-order valence-corrected chi connectivity index (χ3v) is 4.45. The van der Waals surface area contributed by atoms with E-state index in [1.54, 1.807) is 17.7 Å². The van der Waals surface area contributed by atoms with Gasteiger partial charge in [0.15, 0.2) is 5.75 Å². The number of aromatic nitrogens is 3. The van der Waals surface area contributed by atoms with Gasteiger partial charge in [0.05, 0.1) is 12.3 Å². The number of thioether (sulfide) groups is 1. The third kappa shape index (κ3) is 3.91. The van der Waals surface area contributed by atoms with E-state index in [1.807, 2.05) is 0 Å². The average molecular weight is 376 g/mol. The number of phenolic OH excluding ortho intramolecular Hbond substituents is 2. The number of benzene rings is 1. The minimum absolute atomic E-state index is 0.0154. The van der Waals surface area contributed by atoms with E-state index in [4.69, 9.17) is 4.42 Å². The van der Waals surface area contributed by atoms with Gasteiger partial charge >= 0.3 is 0 Å². The van der Waals surface area contributed by atoms with E-state index < -0.39 is 11.2 Å². The van der Waals surface area contributed by atoms with Crippen molar-refractivity contribution in [2.24, 2.45) is 0 Å². The van der Waals surface area contributed by atoms with Gasteiger partial charge in [0.2, 0.25) is 10.6 Å². The van der Waals surface area contributed by atoms with Gasteiger partial charge < -0.3 is 25.2 Å². The molecule has 0 amide bonds. The fourth-order valence-corrected chi connectivity index (χ4v) is 2.99. The van der Waals surface area contributed by atoms with Crippen molar-refractivity contribution in [1.29, 1.82) is 0 Å². The monoisotopic (exact) mass is 376 g/mol. The molecule has 26 heavy (non-hydrogen) atoms. The summed E-state index contributed by atoms with van der Waals surface area (Å²) in [6, 6.07) is 5.57. The highest BCUT2D eigenvalue weighted by Crippen LogP contribution is 2.24. The lowest BCUT2D eigenvalue weighted by Gasteiger charge is -2.12. The van der Waals surface area contributed by atoms with Crippen molar-refractivity contribution in [2.75, 3.05) is 5.43 Å². The maximum atomic E-state index is 11.4. The lowest BCUT2D eigenvalue weighted by molar-refractivity contribution is 0.419. The minimum Gasteiger partial charge on any atom is -0.508 e. The van der Waals surface area contributed by atoms with Crippen molar-refractivity contribution in [3.63, 3.8) is 0 Å². The van der Waals surface area contributed by atoms with E-state index in [0.29, 0.717) is 28.1 Å². The quantitative estimate of drug-likeness (QED) is 0.474. The molecule has 0 aliphatic rings. The summed E-state index contributed by atoms with van der Waals surface area (Å²) >= 11 is 1.29. The predicted molar refractivity (Wildman–Crippen MR) is 93.8 cm³/mol. The molecule has 3 aromatic rings. The van der Waals surface area contributed by atoms with Gasteiger partial charge in [-0.3, -0.25) is 4.79 Å². The molecule has 1 aromatic carbocycles. The Labute approximate surface area is 151 Å². The van der Waals surface area contributed by atoms with Gasteiger partial charge in [0, 0.05) is 17.7 Å².